The zero-order valence-corrected chi connectivity index (χ0v) is 5.47. The van der Waals surface area contributed by atoms with Gasteiger partial charge in [0.2, 0.25) is 0 Å². The molecule has 0 saturated carbocycles. The van der Waals surface area contributed by atoms with Crippen LogP contribution in [0.2, 0.25) is 0 Å². The minimum atomic E-state index is -0.172. The van der Waals surface area contributed by atoms with Gasteiger partial charge in [0.25, 0.3) is 0 Å². The maximum Gasteiger partial charge on any atom is 0.318 e. The van der Waals surface area contributed by atoms with Crippen LogP contribution in [0.15, 0.2) is 0 Å². The van der Waals surface area contributed by atoms with E-state index in [9.17, 15) is 4.79 Å². The maximum absolute atomic E-state index is 10.6. The topological polar surface area (TPSA) is 50.4 Å². The largest absolute Gasteiger partial charge is 0.336 e. The van der Waals surface area contributed by atoms with Gasteiger partial charge in [-0.2, -0.15) is 0 Å². The number of rotatable bonds is 0. The molecule has 1 saturated heterocycles. The van der Waals surface area contributed by atoms with Gasteiger partial charge in [-0.1, -0.05) is 0 Å². The highest BCUT2D eigenvalue weighted by atomic mass is 16.5. The van der Waals surface area contributed by atoms with Gasteiger partial charge in [0.1, 0.15) is 12.5 Å². The lowest BCUT2D eigenvalue weighted by Crippen LogP contribution is -2.54. The first-order chi connectivity index (χ1) is 4.18. The minimum absolute atomic E-state index is 0.166. The number of carbonyl (C=O) groups is 1. The highest BCUT2D eigenvalue weighted by Gasteiger charge is 2.18. The normalized spacial score (nSPS) is 35.1. The Morgan fingerprint density at radius 2 is 1.78 bits per heavy atom. The molecular weight excluding hydrogens is 120 g/mol. The van der Waals surface area contributed by atoms with E-state index in [-0.39, 0.29) is 18.5 Å². The van der Waals surface area contributed by atoms with E-state index in [4.69, 9.17) is 4.74 Å². The summed E-state index contributed by atoms with van der Waals surface area (Å²) in [6.07, 6.45) is -0.345. The van der Waals surface area contributed by atoms with Crippen LogP contribution < -0.4 is 10.6 Å². The van der Waals surface area contributed by atoms with E-state index in [0.29, 0.717) is 0 Å². The smallest absolute Gasteiger partial charge is 0.318 e. The zero-order chi connectivity index (χ0) is 6.85. The second-order valence-electron chi connectivity index (χ2n) is 2.04. The number of hydrogen-bond donors (Lipinski definition) is 2. The molecule has 1 rings (SSSR count). The Morgan fingerprint density at radius 3 is 2.11 bits per heavy atom. The Bertz CT molecular complexity index is 114. The molecule has 1 aliphatic rings. The standard InChI is InChI=1S/C5H10N2O2/c1-3-6-5(8)7-4(2)9-3/h3-4H,1-2H3,(H2,6,7,8). The summed E-state index contributed by atoms with van der Waals surface area (Å²) in [5.74, 6) is 0. The van der Waals surface area contributed by atoms with Crippen molar-refractivity contribution in [2.45, 2.75) is 26.3 Å². The highest BCUT2D eigenvalue weighted by Crippen LogP contribution is 1.96. The summed E-state index contributed by atoms with van der Waals surface area (Å²) in [5, 5.41) is 5.07. The number of amides is 2. The number of carbonyl (C=O) groups excluding carboxylic acids is 1. The van der Waals surface area contributed by atoms with Crippen molar-refractivity contribution in [3.63, 3.8) is 0 Å². The molecule has 2 unspecified atom stereocenters. The average Bonchev–Trinajstić information content (AvgIpc) is 1.59. The van der Waals surface area contributed by atoms with Crippen molar-refractivity contribution >= 4 is 6.03 Å². The van der Waals surface area contributed by atoms with Crippen LogP contribution in [0.1, 0.15) is 13.8 Å². The van der Waals surface area contributed by atoms with Crippen LogP contribution in [-0.4, -0.2) is 18.5 Å². The maximum atomic E-state index is 10.6. The van der Waals surface area contributed by atoms with Crippen molar-refractivity contribution < 1.29 is 9.53 Å². The fourth-order valence-corrected chi connectivity index (χ4v) is 0.785. The van der Waals surface area contributed by atoms with Crippen LogP contribution in [0.5, 0.6) is 0 Å². The third kappa shape index (κ3) is 1.57. The molecule has 4 heteroatoms. The average molecular weight is 130 g/mol. The van der Waals surface area contributed by atoms with E-state index in [1.165, 1.54) is 0 Å². The van der Waals surface area contributed by atoms with Gasteiger partial charge in [0.05, 0.1) is 0 Å². The lowest BCUT2D eigenvalue weighted by atomic mass is 10.5. The third-order valence-electron chi connectivity index (χ3n) is 1.08. The summed E-state index contributed by atoms with van der Waals surface area (Å²) >= 11 is 0. The van der Waals surface area contributed by atoms with E-state index in [1.54, 1.807) is 13.8 Å². The van der Waals surface area contributed by atoms with Crippen molar-refractivity contribution in [1.82, 2.24) is 10.6 Å². The molecule has 4 nitrogen and oxygen atoms in total. The number of urea groups is 1. The first-order valence-electron chi connectivity index (χ1n) is 2.91. The van der Waals surface area contributed by atoms with Crippen LogP contribution in [0.4, 0.5) is 4.79 Å². The molecule has 0 radical (unpaired) electrons. The second kappa shape index (κ2) is 2.23. The molecule has 0 aromatic rings. The van der Waals surface area contributed by atoms with Gasteiger partial charge in [-0.25, -0.2) is 4.79 Å². The fraction of sp³-hybridized carbons (Fsp3) is 0.800. The zero-order valence-electron chi connectivity index (χ0n) is 5.47. The molecule has 1 aliphatic heterocycles. The monoisotopic (exact) mass is 130 g/mol. The van der Waals surface area contributed by atoms with Gasteiger partial charge in [0, 0.05) is 0 Å². The van der Waals surface area contributed by atoms with Gasteiger partial charge < -0.3 is 15.4 Å². The van der Waals surface area contributed by atoms with E-state index in [1.807, 2.05) is 0 Å². The van der Waals surface area contributed by atoms with Gasteiger partial charge in [0.15, 0.2) is 0 Å². The Morgan fingerprint density at radius 1 is 1.33 bits per heavy atom. The van der Waals surface area contributed by atoms with E-state index < -0.39 is 0 Å². The molecule has 1 heterocycles. The van der Waals surface area contributed by atoms with Crippen molar-refractivity contribution in [3.8, 4) is 0 Å². The summed E-state index contributed by atoms with van der Waals surface area (Å²) < 4.78 is 5.11. The number of ether oxygens (including phenoxy) is 1. The van der Waals surface area contributed by atoms with Crippen LogP contribution in [-0.2, 0) is 4.74 Å². The van der Waals surface area contributed by atoms with E-state index in [2.05, 4.69) is 10.6 Å². The number of hydrogen-bond acceptors (Lipinski definition) is 2. The highest BCUT2D eigenvalue weighted by molar-refractivity contribution is 5.74. The van der Waals surface area contributed by atoms with Crippen LogP contribution >= 0.6 is 0 Å². The Kier molecular flexibility index (Phi) is 1.57. The Hall–Kier alpha value is -0.770. The molecule has 2 N–H and O–H groups in total. The lowest BCUT2D eigenvalue weighted by Gasteiger charge is -2.26. The third-order valence-corrected chi connectivity index (χ3v) is 1.08. The Balaban J connectivity index is 2.43. The molecule has 0 bridgehead atoms. The van der Waals surface area contributed by atoms with Crippen LogP contribution in [0.25, 0.3) is 0 Å². The molecule has 2 amide bonds. The van der Waals surface area contributed by atoms with Crippen molar-refractivity contribution in [2.24, 2.45) is 0 Å². The van der Waals surface area contributed by atoms with Gasteiger partial charge in [-0.05, 0) is 13.8 Å². The molecule has 9 heavy (non-hydrogen) atoms. The predicted molar refractivity (Wildman–Crippen MR) is 31.7 cm³/mol. The summed E-state index contributed by atoms with van der Waals surface area (Å²) in [6.45, 7) is 3.57. The number of nitrogens with one attached hydrogen (secondary N) is 2. The first-order valence-corrected chi connectivity index (χ1v) is 2.91. The van der Waals surface area contributed by atoms with Gasteiger partial charge in [-0.15, -0.1) is 0 Å². The van der Waals surface area contributed by atoms with Gasteiger partial charge >= 0.3 is 6.03 Å². The van der Waals surface area contributed by atoms with Crippen LogP contribution in [0, 0.1) is 0 Å². The molecular formula is C5H10N2O2. The van der Waals surface area contributed by atoms with Crippen molar-refractivity contribution in [1.29, 1.82) is 0 Å². The van der Waals surface area contributed by atoms with Crippen molar-refractivity contribution in [2.75, 3.05) is 0 Å². The fourth-order valence-electron chi connectivity index (χ4n) is 0.785. The summed E-state index contributed by atoms with van der Waals surface area (Å²) in [5.41, 5.74) is 0. The molecule has 2 atom stereocenters. The van der Waals surface area contributed by atoms with Gasteiger partial charge in [-0.3, -0.25) is 0 Å². The Labute approximate surface area is 53.6 Å². The minimum Gasteiger partial charge on any atom is -0.336 e. The quantitative estimate of drug-likeness (QED) is 0.485. The first kappa shape index (κ1) is 6.35. The molecule has 0 aromatic heterocycles. The molecule has 1 fully saturated rings. The molecule has 52 valence electrons. The molecule has 0 aromatic carbocycles. The lowest BCUT2D eigenvalue weighted by molar-refractivity contribution is -0.0352. The summed E-state index contributed by atoms with van der Waals surface area (Å²) in [4.78, 5) is 10.6. The molecule has 0 aliphatic carbocycles. The predicted octanol–water partition coefficient (Wildman–Crippen LogP) is 0.00780. The van der Waals surface area contributed by atoms with Crippen LogP contribution in [0.3, 0.4) is 0 Å². The second-order valence-corrected chi connectivity index (χ2v) is 2.04. The summed E-state index contributed by atoms with van der Waals surface area (Å²) in [7, 11) is 0. The van der Waals surface area contributed by atoms with Crippen molar-refractivity contribution in [3.05, 3.63) is 0 Å². The van der Waals surface area contributed by atoms with E-state index in [0.717, 1.165) is 0 Å². The molecule has 0 spiro atoms. The summed E-state index contributed by atoms with van der Waals surface area (Å²) in [6, 6.07) is -0.166. The van der Waals surface area contributed by atoms with E-state index >= 15 is 0 Å². The SMILES string of the molecule is CC1NC(=O)NC(C)O1.